The first-order valence-electron chi connectivity index (χ1n) is 7.40. The predicted octanol–water partition coefficient (Wildman–Crippen LogP) is 3.07. The number of para-hydroxylation sites is 1. The monoisotopic (exact) mass is 294 g/mol. The Morgan fingerprint density at radius 2 is 1.81 bits per heavy atom. The Morgan fingerprint density at radius 1 is 1.19 bits per heavy atom. The lowest BCUT2D eigenvalue weighted by Gasteiger charge is -2.40. The van der Waals surface area contributed by atoms with Crippen molar-refractivity contribution in [2.75, 3.05) is 27.8 Å². The Kier molecular flexibility index (Phi) is 6.05. The zero-order chi connectivity index (χ0) is 16.2. The van der Waals surface area contributed by atoms with E-state index in [9.17, 15) is 0 Å². The maximum absolute atomic E-state index is 6.06. The minimum Gasteiger partial charge on any atom is -0.493 e. The van der Waals surface area contributed by atoms with E-state index in [2.05, 4.69) is 45.7 Å². The second-order valence-electron chi connectivity index (χ2n) is 6.54. The highest BCUT2D eigenvalue weighted by molar-refractivity contribution is 5.48. The number of hydrogen-bond acceptors (Lipinski definition) is 4. The molecule has 0 saturated heterocycles. The van der Waals surface area contributed by atoms with Gasteiger partial charge in [-0.05, 0) is 25.5 Å². The van der Waals surface area contributed by atoms with E-state index < -0.39 is 0 Å². The summed E-state index contributed by atoms with van der Waals surface area (Å²) in [6.07, 6.45) is 0. The first-order valence-corrected chi connectivity index (χ1v) is 7.40. The molecule has 0 aliphatic rings. The van der Waals surface area contributed by atoms with Crippen molar-refractivity contribution in [3.05, 3.63) is 23.8 Å². The number of methoxy groups -OCH3 is 2. The third kappa shape index (κ3) is 3.89. The first-order chi connectivity index (χ1) is 9.77. The van der Waals surface area contributed by atoms with E-state index in [1.54, 1.807) is 14.2 Å². The topological polar surface area (TPSA) is 47.7 Å². The molecule has 0 aliphatic heterocycles. The highest BCUT2D eigenvalue weighted by atomic mass is 16.5. The largest absolute Gasteiger partial charge is 0.493 e. The molecule has 1 rings (SSSR count). The lowest BCUT2D eigenvalue weighted by Crippen LogP contribution is -2.43. The Hall–Kier alpha value is -1.26. The lowest BCUT2D eigenvalue weighted by molar-refractivity contribution is 0.0986. The van der Waals surface area contributed by atoms with Gasteiger partial charge >= 0.3 is 0 Å². The van der Waals surface area contributed by atoms with E-state index >= 15 is 0 Å². The van der Waals surface area contributed by atoms with Crippen LogP contribution in [0.5, 0.6) is 11.5 Å². The van der Waals surface area contributed by atoms with E-state index in [0.29, 0.717) is 12.6 Å². The SMILES string of the molecule is COc1cccc(C(CN)N(C)C(C)C(C)(C)C)c1OC. The summed E-state index contributed by atoms with van der Waals surface area (Å²) in [5.41, 5.74) is 7.31. The summed E-state index contributed by atoms with van der Waals surface area (Å²) in [6, 6.07) is 6.41. The molecule has 0 amide bonds. The first kappa shape index (κ1) is 17.8. The van der Waals surface area contributed by atoms with Crippen LogP contribution in [0.3, 0.4) is 0 Å². The fraction of sp³-hybridized carbons (Fsp3) is 0.647. The Morgan fingerprint density at radius 3 is 2.24 bits per heavy atom. The molecule has 0 aromatic heterocycles. The van der Waals surface area contributed by atoms with Crippen molar-refractivity contribution in [2.24, 2.45) is 11.1 Å². The molecule has 0 fully saturated rings. The van der Waals surface area contributed by atoms with E-state index in [1.165, 1.54) is 0 Å². The number of benzene rings is 1. The molecule has 4 nitrogen and oxygen atoms in total. The Labute approximate surface area is 129 Å². The van der Waals surface area contributed by atoms with Gasteiger partial charge in [-0.2, -0.15) is 0 Å². The van der Waals surface area contributed by atoms with Crippen LogP contribution in [-0.4, -0.2) is 38.8 Å². The second-order valence-corrected chi connectivity index (χ2v) is 6.54. The number of rotatable bonds is 6. The van der Waals surface area contributed by atoms with Crippen molar-refractivity contribution in [1.82, 2.24) is 4.90 Å². The molecule has 0 saturated carbocycles. The molecule has 0 aliphatic carbocycles. The number of nitrogens with two attached hydrogens (primary N) is 1. The van der Waals surface area contributed by atoms with Gasteiger partial charge in [-0.25, -0.2) is 0 Å². The molecule has 0 spiro atoms. The van der Waals surface area contributed by atoms with Crippen LogP contribution >= 0.6 is 0 Å². The molecular formula is C17H30N2O2. The van der Waals surface area contributed by atoms with Gasteiger partial charge in [0.2, 0.25) is 0 Å². The molecule has 0 bridgehead atoms. The number of likely N-dealkylation sites (N-methyl/N-ethyl adjacent to an activating group) is 1. The number of hydrogen-bond donors (Lipinski definition) is 1. The van der Waals surface area contributed by atoms with Crippen LogP contribution in [0.15, 0.2) is 18.2 Å². The summed E-state index contributed by atoms with van der Waals surface area (Å²) in [5, 5.41) is 0. The molecule has 1 aromatic rings. The van der Waals surface area contributed by atoms with Gasteiger partial charge in [0, 0.05) is 18.2 Å². The zero-order valence-electron chi connectivity index (χ0n) is 14.4. The molecule has 4 heteroatoms. The average molecular weight is 294 g/mol. The second kappa shape index (κ2) is 7.14. The summed E-state index contributed by atoms with van der Waals surface area (Å²) < 4.78 is 11.0. The minimum atomic E-state index is 0.0873. The summed E-state index contributed by atoms with van der Waals surface area (Å²) in [7, 11) is 5.44. The van der Waals surface area contributed by atoms with Gasteiger partial charge in [0.15, 0.2) is 11.5 Å². The summed E-state index contributed by atoms with van der Waals surface area (Å²) in [4.78, 5) is 2.32. The molecule has 2 unspecified atom stereocenters. The maximum atomic E-state index is 6.06. The Bertz CT molecular complexity index is 455. The zero-order valence-corrected chi connectivity index (χ0v) is 14.4. The van der Waals surface area contributed by atoms with Crippen LogP contribution < -0.4 is 15.2 Å². The molecule has 2 atom stereocenters. The van der Waals surface area contributed by atoms with Gasteiger partial charge in [0.1, 0.15) is 0 Å². The summed E-state index contributed by atoms with van der Waals surface area (Å²) in [6.45, 7) is 9.48. The van der Waals surface area contributed by atoms with Gasteiger partial charge in [-0.3, -0.25) is 4.90 Å². The van der Waals surface area contributed by atoms with Crippen LogP contribution in [0.4, 0.5) is 0 Å². The summed E-state index contributed by atoms with van der Waals surface area (Å²) >= 11 is 0. The van der Waals surface area contributed by atoms with Crippen molar-refractivity contribution >= 4 is 0 Å². The smallest absolute Gasteiger partial charge is 0.165 e. The van der Waals surface area contributed by atoms with E-state index in [1.807, 2.05) is 12.1 Å². The molecule has 2 N–H and O–H groups in total. The van der Waals surface area contributed by atoms with Crippen molar-refractivity contribution in [3.63, 3.8) is 0 Å². The number of nitrogens with zero attached hydrogens (tertiary/aromatic N) is 1. The van der Waals surface area contributed by atoms with Crippen LogP contribution in [-0.2, 0) is 0 Å². The van der Waals surface area contributed by atoms with Crippen LogP contribution in [0.25, 0.3) is 0 Å². The molecule has 120 valence electrons. The lowest BCUT2D eigenvalue weighted by atomic mass is 9.85. The molecule has 21 heavy (non-hydrogen) atoms. The van der Waals surface area contributed by atoms with Crippen LogP contribution in [0, 0.1) is 5.41 Å². The third-order valence-corrected chi connectivity index (χ3v) is 4.37. The van der Waals surface area contributed by atoms with Gasteiger partial charge in [-0.15, -0.1) is 0 Å². The molecule has 1 aromatic carbocycles. The van der Waals surface area contributed by atoms with Gasteiger partial charge in [-0.1, -0.05) is 32.9 Å². The van der Waals surface area contributed by atoms with Gasteiger partial charge in [0.05, 0.1) is 20.3 Å². The van der Waals surface area contributed by atoms with Crippen molar-refractivity contribution < 1.29 is 9.47 Å². The number of ether oxygens (including phenoxy) is 2. The van der Waals surface area contributed by atoms with Crippen LogP contribution in [0.1, 0.15) is 39.3 Å². The van der Waals surface area contributed by atoms with E-state index in [4.69, 9.17) is 15.2 Å². The van der Waals surface area contributed by atoms with Crippen molar-refractivity contribution in [2.45, 2.75) is 39.8 Å². The molecule has 0 radical (unpaired) electrons. The van der Waals surface area contributed by atoms with Gasteiger partial charge in [0.25, 0.3) is 0 Å². The van der Waals surface area contributed by atoms with E-state index in [0.717, 1.165) is 17.1 Å². The maximum Gasteiger partial charge on any atom is 0.165 e. The van der Waals surface area contributed by atoms with E-state index in [-0.39, 0.29) is 11.5 Å². The average Bonchev–Trinajstić information content (AvgIpc) is 2.45. The molecule has 0 heterocycles. The quantitative estimate of drug-likeness (QED) is 0.876. The fourth-order valence-corrected chi connectivity index (χ4v) is 2.57. The minimum absolute atomic E-state index is 0.0873. The van der Waals surface area contributed by atoms with Crippen molar-refractivity contribution in [3.8, 4) is 11.5 Å². The predicted molar refractivity (Wildman–Crippen MR) is 88.0 cm³/mol. The highest BCUT2D eigenvalue weighted by Crippen LogP contribution is 2.38. The highest BCUT2D eigenvalue weighted by Gasteiger charge is 2.30. The normalized spacial score (nSPS) is 14.9. The van der Waals surface area contributed by atoms with Crippen molar-refractivity contribution in [1.29, 1.82) is 0 Å². The van der Waals surface area contributed by atoms with Crippen LogP contribution in [0.2, 0.25) is 0 Å². The summed E-state index contributed by atoms with van der Waals surface area (Å²) in [5.74, 6) is 1.51. The molecular weight excluding hydrogens is 264 g/mol. The third-order valence-electron chi connectivity index (χ3n) is 4.37. The van der Waals surface area contributed by atoms with Gasteiger partial charge < -0.3 is 15.2 Å². The Balaban J connectivity index is 3.22. The standard InChI is InChI=1S/C17H30N2O2/c1-12(17(2,3)4)19(5)14(11-18)13-9-8-10-15(20-6)16(13)21-7/h8-10,12,14H,11,18H2,1-7H3. The fourth-order valence-electron chi connectivity index (χ4n) is 2.57.